The summed E-state index contributed by atoms with van der Waals surface area (Å²) in [5.41, 5.74) is 4.92. The Morgan fingerprint density at radius 3 is 2.29 bits per heavy atom. The van der Waals surface area contributed by atoms with Crippen molar-refractivity contribution in [2.24, 2.45) is 0 Å². The van der Waals surface area contributed by atoms with Crippen molar-refractivity contribution in [2.45, 2.75) is 6.18 Å². The van der Waals surface area contributed by atoms with Crippen molar-refractivity contribution in [1.82, 2.24) is 0 Å². The summed E-state index contributed by atoms with van der Waals surface area (Å²) in [7, 11) is 0. The Morgan fingerprint density at radius 2 is 1.67 bits per heavy atom. The first kappa shape index (κ1) is 15.7. The fourth-order valence-electron chi connectivity index (χ4n) is 1.65. The minimum Gasteiger partial charge on any atom is -0.397 e. The van der Waals surface area contributed by atoms with E-state index in [-0.39, 0.29) is 27.1 Å². The van der Waals surface area contributed by atoms with Crippen molar-refractivity contribution < 1.29 is 17.6 Å². The monoisotopic (exact) mass is 338 g/mol. The van der Waals surface area contributed by atoms with Crippen molar-refractivity contribution in [2.75, 3.05) is 11.1 Å². The summed E-state index contributed by atoms with van der Waals surface area (Å²) in [5.74, 6) is -0.744. The SMILES string of the molecule is Nc1cc(Cl)c(F)cc1Nc1cc(Cl)cc(C(F)(F)F)c1. The predicted octanol–water partition coefficient (Wildman–Crippen LogP) is 5.48. The van der Waals surface area contributed by atoms with Crippen molar-refractivity contribution in [3.05, 3.63) is 51.8 Å². The maximum Gasteiger partial charge on any atom is 0.416 e. The highest BCUT2D eigenvalue weighted by atomic mass is 35.5. The molecule has 3 N–H and O–H groups in total. The summed E-state index contributed by atoms with van der Waals surface area (Å²) >= 11 is 11.2. The van der Waals surface area contributed by atoms with Crippen LogP contribution in [-0.2, 0) is 6.18 Å². The quantitative estimate of drug-likeness (QED) is 0.562. The number of nitrogens with two attached hydrogens (primary N) is 1. The van der Waals surface area contributed by atoms with Crippen LogP contribution in [0.5, 0.6) is 0 Å². The van der Waals surface area contributed by atoms with Gasteiger partial charge >= 0.3 is 6.18 Å². The van der Waals surface area contributed by atoms with Gasteiger partial charge in [-0.1, -0.05) is 23.2 Å². The van der Waals surface area contributed by atoms with E-state index in [0.29, 0.717) is 0 Å². The van der Waals surface area contributed by atoms with Gasteiger partial charge in [-0.3, -0.25) is 0 Å². The van der Waals surface area contributed by atoms with Crippen molar-refractivity contribution in [3.8, 4) is 0 Å². The minimum absolute atomic E-state index is 0.0308. The molecule has 0 aliphatic heterocycles. The molecule has 0 spiro atoms. The Kier molecular flexibility index (Phi) is 4.20. The van der Waals surface area contributed by atoms with Gasteiger partial charge in [-0.2, -0.15) is 13.2 Å². The topological polar surface area (TPSA) is 38.0 Å². The molecule has 0 aromatic heterocycles. The normalized spacial score (nSPS) is 11.5. The van der Waals surface area contributed by atoms with Gasteiger partial charge in [0.1, 0.15) is 5.82 Å². The van der Waals surface area contributed by atoms with Crippen LogP contribution in [0.3, 0.4) is 0 Å². The summed E-state index contributed by atoms with van der Waals surface area (Å²) in [4.78, 5) is 0. The number of benzene rings is 2. The lowest BCUT2D eigenvalue weighted by Gasteiger charge is -2.13. The van der Waals surface area contributed by atoms with Crippen molar-refractivity contribution in [1.29, 1.82) is 0 Å². The molecule has 2 aromatic rings. The molecule has 8 heteroatoms. The third kappa shape index (κ3) is 3.71. The number of hydrogen-bond donors (Lipinski definition) is 2. The second-order valence-corrected chi connectivity index (χ2v) is 5.05. The van der Waals surface area contributed by atoms with Gasteiger partial charge in [0.25, 0.3) is 0 Å². The first-order valence-corrected chi connectivity index (χ1v) is 6.32. The van der Waals surface area contributed by atoms with Gasteiger partial charge in [0.05, 0.1) is 22.0 Å². The average Bonchev–Trinajstić information content (AvgIpc) is 2.34. The van der Waals surface area contributed by atoms with Crippen LogP contribution in [0.1, 0.15) is 5.56 Å². The number of nitrogens with one attached hydrogen (secondary N) is 1. The fraction of sp³-hybridized carbons (Fsp3) is 0.0769. The molecular weight excluding hydrogens is 331 g/mol. The Morgan fingerprint density at radius 1 is 1.00 bits per heavy atom. The van der Waals surface area contributed by atoms with Crippen LogP contribution < -0.4 is 11.1 Å². The zero-order valence-electron chi connectivity index (χ0n) is 10.2. The number of anilines is 3. The molecule has 0 bridgehead atoms. The van der Waals surface area contributed by atoms with E-state index in [1.54, 1.807) is 0 Å². The van der Waals surface area contributed by atoms with Crippen molar-refractivity contribution in [3.63, 3.8) is 0 Å². The molecule has 112 valence electrons. The van der Waals surface area contributed by atoms with Gasteiger partial charge in [0.2, 0.25) is 0 Å². The smallest absolute Gasteiger partial charge is 0.397 e. The van der Waals surface area contributed by atoms with Crippen LogP contribution in [0.15, 0.2) is 30.3 Å². The minimum atomic E-state index is -4.54. The molecule has 0 amide bonds. The molecule has 0 heterocycles. The van der Waals surface area contributed by atoms with E-state index in [2.05, 4.69) is 5.32 Å². The Bertz CT molecular complexity index is 687. The van der Waals surface area contributed by atoms with Crippen LogP contribution in [-0.4, -0.2) is 0 Å². The van der Waals surface area contributed by atoms with Gasteiger partial charge < -0.3 is 11.1 Å². The molecule has 0 atom stereocenters. The average molecular weight is 339 g/mol. The summed E-state index contributed by atoms with van der Waals surface area (Å²) in [5, 5.41) is 2.29. The maximum absolute atomic E-state index is 13.4. The summed E-state index contributed by atoms with van der Waals surface area (Å²) in [6.45, 7) is 0. The highest BCUT2D eigenvalue weighted by Crippen LogP contribution is 2.35. The first-order chi connectivity index (χ1) is 9.66. The number of nitrogen functional groups attached to an aromatic ring is 1. The lowest BCUT2D eigenvalue weighted by atomic mass is 10.2. The standard InChI is InChI=1S/C13H8Cl2F4N2/c14-7-1-6(13(17,18)19)2-8(3-7)21-12-5-10(16)9(15)4-11(12)20/h1-5,21H,20H2. The summed E-state index contributed by atoms with van der Waals surface area (Å²) < 4.78 is 51.5. The zero-order chi connectivity index (χ0) is 15.8. The Labute approximate surface area is 127 Å². The van der Waals surface area contributed by atoms with E-state index in [9.17, 15) is 17.6 Å². The molecule has 0 saturated heterocycles. The molecule has 0 radical (unpaired) electrons. The lowest BCUT2D eigenvalue weighted by Crippen LogP contribution is -2.06. The van der Waals surface area contributed by atoms with Crippen molar-refractivity contribution >= 4 is 40.3 Å². The van der Waals surface area contributed by atoms with Crippen LogP contribution in [0.4, 0.5) is 34.6 Å². The predicted molar refractivity (Wildman–Crippen MR) is 75.6 cm³/mol. The summed E-state index contributed by atoms with van der Waals surface area (Å²) in [6, 6.07) is 5.05. The molecule has 2 nitrogen and oxygen atoms in total. The highest BCUT2D eigenvalue weighted by molar-refractivity contribution is 6.31. The van der Waals surface area contributed by atoms with Gasteiger partial charge in [0, 0.05) is 16.8 Å². The first-order valence-electron chi connectivity index (χ1n) is 5.56. The van der Waals surface area contributed by atoms with Gasteiger partial charge in [-0.15, -0.1) is 0 Å². The second kappa shape index (κ2) is 5.61. The Balaban J connectivity index is 2.40. The third-order valence-electron chi connectivity index (χ3n) is 2.60. The molecule has 2 aromatic carbocycles. The molecule has 2 rings (SSSR count). The van der Waals surface area contributed by atoms with E-state index < -0.39 is 17.6 Å². The van der Waals surface area contributed by atoms with Gasteiger partial charge in [0.15, 0.2) is 0 Å². The molecule has 0 aliphatic rings. The molecule has 21 heavy (non-hydrogen) atoms. The van der Waals surface area contributed by atoms with E-state index in [0.717, 1.165) is 24.3 Å². The van der Waals surface area contributed by atoms with Crippen LogP contribution >= 0.6 is 23.2 Å². The van der Waals surface area contributed by atoms with Gasteiger partial charge in [-0.05, 0) is 24.3 Å². The number of halogens is 6. The fourth-order valence-corrected chi connectivity index (χ4v) is 2.06. The summed E-state index contributed by atoms with van der Waals surface area (Å²) in [6.07, 6.45) is -4.54. The van der Waals surface area contributed by atoms with E-state index >= 15 is 0 Å². The molecular formula is C13H8Cl2F4N2. The second-order valence-electron chi connectivity index (χ2n) is 4.20. The lowest BCUT2D eigenvalue weighted by molar-refractivity contribution is -0.137. The zero-order valence-corrected chi connectivity index (χ0v) is 11.7. The van der Waals surface area contributed by atoms with E-state index in [1.165, 1.54) is 6.07 Å². The molecule has 0 saturated carbocycles. The van der Waals surface area contributed by atoms with Crippen LogP contribution in [0.25, 0.3) is 0 Å². The molecule has 0 fully saturated rings. The number of alkyl halides is 3. The maximum atomic E-state index is 13.4. The number of rotatable bonds is 2. The van der Waals surface area contributed by atoms with Gasteiger partial charge in [-0.25, -0.2) is 4.39 Å². The third-order valence-corrected chi connectivity index (χ3v) is 3.10. The molecule has 0 unspecified atom stereocenters. The number of hydrogen-bond acceptors (Lipinski definition) is 2. The Hall–Kier alpha value is -1.66. The molecule has 0 aliphatic carbocycles. The largest absolute Gasteiger partial charge is 0.416 e. The van der Waals surface area contributed by atoms with Crippen LogP contribution in [0.2, 0.25) is 10.0 Å². The van der Waals surface area contributed by atoms with Crippen LogP contribution in [0, 0.1) is 5.82 Å². The highest BCUT2D eigenvalue weighted by Gasteiger charge is 2.31. The van der Waals surface area contributed by atoms with E-state index in [1.807, 2.05) is 0 Å². The van der Waals surface area contributed by atoms with E-state index in [4.69, 9.17) is 28.9 Å².